The maximum Gasteiger partial charge on any atom is 0.478 e. The van der Waals surface area contributed by atoms with Gasteiger partial charge in [0, 0.05) is 6.54 Å². The van der Waals surface area contributed by atoms with Gasteiger partial charge < -0.3 is 13.5 Å². The fraction of sp³-hybridized carbons (Fsp3) is 1.00. The quantitative estimate of drug-likeness (QED) is 0.548. The molecule has 0 spiro atoms. The van der Waals surface area contributed by atoms with Crippen LogP contribution in [0.25, 0.3) is 0 Å². The summed E-state index contributed by atoms with van der Waals surface area (Å²) in [7, 11) is -3.14. The molecule has 0 amide bonds. The van der Waals surface area contributed by atoms with Crippen molar-refractivity contribution < 1.29 is 9.31 Å². The highest BCUT2D eigenvalue weighted by Gasteiger charge is 2.54. The standard InChI is InChI=1S/C14H33BClNO2Si2/c1-13(2)14(3,4)19-15(18-13)12(16)11-17(20(5,6)7)21(8,9)10/h12H,11H2,1-10H3. The van der Waals surface area contributed by atoms with E-state index in [0.29, 0.717) is 0 Å². The van der Waals surface area contributed by atoms with Crippen LogP contribution in [0.4, 0.5) is 0 Å². The van der Waals surface area contributed by atoms with Crippen LogP contribution in [0.3, 0.4) is 0 Å². The molecule has 1 aliphatic heterocycles. The summed E-state index contributed by atoms with van der Waals surface area (Å²) in [5.41, 5.74) is -0.623. The minimum atomic E-state index is -1.41. The summed E-state index contributed by atoms with van der Waals surface area (Å²) in [5.74, 6) is 0. The van der Waals surface area contributed by atoms with Gasteiger partial charge in [-0.25, -0.2) is 0 Å². The number of halogens is 1. The van der Waals surface area contributed by atoms with Crippen LogP contribution < -0.4 is 0 Å². The lowest BCUT2D eigenvalue weighted by Crippen LogP contribution is -2.62. The zero-order valence-electron chi connectivity index (χ0n) is 15.5. The van der Waals surface area contributed by atoms with Crippen LogP contribution in [0.2, 0.25) is 39.3 Å². The normalized spacial score (nSPS) is 23.7. The zero-order valence-corrected chi connectivity index (χ0v) is 18.3. The third-order valence-electron chi connectivity index (χ3n) is 4.54. The van der Waals surface area contributed by atoms with Gasteiger partial charge in [0.1, 0.15) is 16.5 Å². The number of hydrogen-bond donors (Lipinski definition) is 0. The van der Waals surface area contributed by atoms with Crippen LogP contribution in [0.5, 0.6) is 0 Å². The Bertz CT molecular complexity index is 350. The van der Waals surface area contributed by atoms with Crippen LogP contribution in [-0.4, -0.2) is 50.8 Å². The Morgan fingerprint density at radius 1 is 0.905 bits per heavy atom. The summed E-state index contributed by atoms with van der Waals surface area (Å²) in [6.07, 6.45) is 0. The second-order valence-corrected chi connectivity index (χ2v) is 19.9. The molecule has 0 saturated carbocycles. The van der Waals surface area contributed by atoms with E-state index in [1.54, 1.807) is 0 Å². The molecule has 124 valence electrons. The van der Waals surface area contributed by atoms with E-state index >= 15 is 0 Å². The van der Waals surface area contributed by atoms with Crippen molar-refractivity contribution in [3.05, 3.63) is 0 Å². The molecule has 0 aromatic heterocycles. The van der Waals surface area contributed by atoms with E-state index in [0.717, 1.165) is 6.54 Å². The second-order valence-electron chi connectivity index (χ2n) is 9.09. The van der Waals surface area contributed by atoms with Crippen molar-refractivity contribution >= 4 is 35.2 Å². The zero-order chi connectivity index (χ0) is 16.9. The number of hydrogen-bond acceptors (Lipinski definition) is 3. The van der Waals surface area contributed by atoms with Crippen molar-refractivity contribution in [2.24, 2.45) is 0 Å². The molecule has 7 heteroatoms. The smallest absolute Gasteiger partial charge is 0.402 e. The van der Waals surface area contributed by atoms with Crippen molar-refractivity contribution in [3.63, 3.8) is 0 Å². The second kappa shape index (κ2) is 5.95. The summed E-state index contributed by atoms with van der Waals surface area (Å²) >= 11 is 6.70. The van der Waals surface area contributed by atoms with Gasteiger partial charge >= 0.3 is 7.12 Å². The van der Waals surface area contributed by atoms with Gasteiger partial charge in [-0.3, -0.25) is 0 Å². The van der Waals surface area contributed by atoms with Crippen molar-refractivity contribution in [2.75, 3.05) is 6.54 Å². The molecule has 3 nitrogen and oxygen atoms in total. The molecule has 0 aromatic carbocycles. The molecule has 1 aliphatic rings. The molecule has 21 heavy (non-hydrogen) atoms. The lowest BCUT2D eigenvalue weighted by molar-refractivity contribution is 0.00578. The summed E-state index contributed by atoms with van der Waals surface area (Å²) < 4.78 is 14.9. The molecule has 0 N–H and O–H groups in total. The van der Waals surface area contributed by atoms with Crippen molar-refractivity contribution in [2.45, 2.75) is 83.5 Å². The Hall–Kier alpha value is 0.669. The SMILES string of the molecule is CC1(C)OB(C(Cl)CN([Si](C)(C)C)[Si](C)(C)C)OC1(C)C. The van der Waals surface area contributed by atoms with Gasteiger partial charge in [-0.15, -0.1) is 11.6 Å². The van der Waals surface area contributed by atoms with Crippen LogP contribution in [0.15, 0.2) is 0 Å². The Morgan fingerprint density at radius 3 is 1.52 bits per heavy atom. The van der Waals surface area contributed by atoms with E-state index < -0.39 is 16.5 Å². The third kappa shape index (κ3) is 4.58. The average molecular weight is 350 g/mol. The van der Waals surface area contributed by atoms with Gasteiger partial charge in [0.05, 0.1) is 16.5 Å². The first-order chi connectivity index (χ1) is 9.08. The highest BCUT2D eigenvalue weighted by Crippen LogP contribution is 2.38. The monoisotopic (exact) mass is 349 g/mol. The van der Waals surface area contributed by atoms with Gasteiger partial charge in [-0.1, -0.05) is 39.3 Å². The predicted octanol–water partition coefficient (Wildman–Crippen LogP) is 4.20. The lowest BCUT2D eigenvalue weighted by atomic mass is 9.84. The number of rotatable bonds is 5. The maximum absolute atomic E-state index is 6.70. The van der Waals surface area contributed by atoms with Gasteiger partial charge in [-0.05, 0) is 27.7 Å². The third-order valence-corrected chi connectivity index (χ3v) is 12.5. The summed E-state index contributed by atoms with van der Waals surface area (Å²) in [5, 5.41) is -0.135. The summed E-state index contributed by atoms with van der Waals surface area (Å²) in [6, 6.07) is 0. The van der Waals surface area contributed by atoms with E-state index in [1.165, 1.54) is 0 Å². The molecule has 0 bridgehead atoms. The Balaban J connectivity index is 2.84. The molecule has 1 saturated heterocycles. The van der Waals surface area contributed by atoms with Gasteiger partial charge in [0.15, 0.2) is 0 Å². The van der Waals surface area contributed by atoms with Crippen LogP contribution >= 0.6 is 11.6 Å². The first-order valence-corrected chi connectivity index (χ1v) is 15.2. The fourth-order valence-corrected chi connectivity index (χ4v) is 12.9. The van der Waals surface area contributed by atoms with E-state index in [9.17, 15) is 0 Å². The molecule has 1 heterocycles. The average Bonchev–Trinajstić information content (AvgIpc) is 2.41. The Kier molecular flexibility index (Phi) is 5.58. The van der Waals surface area contributed by atoms with Crippen molar-refractivity contribution in [3.8, 4) is 0 Å². The topological polar surface area (TPSA) is 21.7 Å². The molecular weight excluding hydrogens is 317 g/mol. The molecule has 1 atom stereocenters. The van der Waals surface area contributed by atoms with Gasteiger partial charge in [-0.2, -0.15) is 0 Å². The first-order valence-electron chi connectivity index (χ1n) is 7.85. The highest BCUT2D eigenvalue weighted by molar-refractivity contribution is 6.89. The Morgan fingerprint density at radius 2 is 1.24 bits per heavy atom. The molecular formula is C14H33BClNO2Si2. The molecule has 1 rings (SSSR count). The van der Waals surface area contributed by atoms with Gasteiger partial charge in [0.2, 0.25) is 0 Å². The first kappa shape index (κ1) is 19.7. The van der Waals surface area contributed by atoms with E-state index in [-0.39, 0.29) is 23.6 Å². The van der Waals surface area contributed by atoms with E-state index in [1.807, 2.05) is 0 Å². The van der Waals surface area contributed by atoms with Gasteiger partial charge in [0.25, 0.3) is 0 Å². The summed E-state index contributed by atoms with van der Waals surface area (Å²) in [4.78, 5) is 0. The Labute approximate surface area is 139 Å². The number of alkyl halides is 1. The van der Waals surface area contributed by atoms with E-state index in [4.69, 9.17) is 20.9 Å². The van der Waals surface area contributed by atoms with Crippen molar-refractivity contribution in [1.82, 2.24) is 4.23 Å². The number of nitrogens with zero attached hydrogens (tertiary/aromatic N) is 1. The highest BCUT2D eigenvalue weighted by atomic mass is 35.5. The molecule has 1 unspecified atom stereocenters. The fourth-order valence-electron chi connectivity index (χ4n) is 2.85. The largest absolute Gasteiger partial charge is 0.478 e. The maximum atomic E-state index is 6.70. The van der Waals surface area contributed by atoms with Crippen molar-refractivity contribution in [1.29, 1.82) is 0 Å². The molecule has 0 radical (unpaired) electrons. The van der Waals surface area contributed by atoms with Crippen LogP contribution in [0, 0.1) is 0 Å². The minimum Gasteiger partial charge on any atom is -0.402 e. The molecule has 0 aliphatic carbocycles. The lowest BCUT2D eigenvalue weighted by Gasteiger charge is -2.44. The van der Waals surface area contributed by atoms with E-state index in [2.05, 4.69) is 71.2 Å². The molecule has 0 aromatic rings. The van der Waals surface area contributed by atoms with Crippen LogP contribution in [0.1, 0.15) is 27.7 Å². The minimum absolute atomic E-state index is 0.135. The molecule has 1 fully saturated rings. The predicted molar refractivity (Wildman–Crippen MR) is 99.1 cm³/mol. The summed E-state index contributed by atoms with van der Waals surface area (Å²) in [6.45, 7) is 23.5. The van der Waals surface area contributed by atoms with Crippen LogP contribution in [-0.2, 0) is 9.31 Å².